The molecule has 76 valence electrons. The lowest BCUT2D eigenvalue weighted by molar-refractivity contribution is -0.131. The lowest BCUT2D eigenvalue weighted by Gasteiger charge is -1.99. The van der Waals surface area contributed by atoms with Crippen LogP contribution in [0.4, 0.5) is 0 Å². The Morgan fingerprint density at radius 2 is 2.00 bits per heavy atom. The van der Waals surface area contributed by atoms with Crippen molar-refractivity contribution in [2.24, 2.45) is 7.05 Å². The highest BCUT2D eigenvalue weighted by Gasteiger charge is 2.14. The Hall–Kier alpha value is -2.10. The zero-order chi connectivity index (χ0) is 11.0. The summed E-state index contributed by atoms with van der Waals surface area (Å²) in [6, 6.07) is 6.76. The molecular weight excluding hydrogens is 194 g/mol. The molecule has 0 aliphatic heterocycles. The van der Waals surface area contributed by atoms with E-state index >= 15 is 0 Å². The summed E-state index contributed by atoms with van der Waals surface area (Å²) in [6.07, 6.45) is 1.86. The first kappa shape index (κ1) is 9.45. The number of benzene rings is 1. The van der Waals surface area contributed by atoms with Gasteiger partial charge in [-0.3, -0.25) is 4.79 Å². The van der Waals surface area contributed by atoms with Crippen molar-refractivity contribution < 1.29 is 14.7 Å². The molecule has 2 aromatic rings. The number of rotatable bonds is 2. The van der Waals surface area contributed by atoms with Crippen LogP contribution in [0.2, 0.25) is 0 Å². The lowest BCUT2D eigenvalue weighted by atomic mass is 10.1. The minimum atomic E-state index is -1.43. The molecule has 1 aromatic heterocycles. The summed E-state index contributed by atoms with van der Waals surface area (Å²) in [5.41, 5.74) is 1.05. The number of fused-ring (bicyclic) bond motifs is 1. The van der Waals surface area contributed by atoms with E-state index in [1.165, 1.54) is 6.07 Å². The quantitative estimate of drug-likeness (QED) is 0.593. The summed E-state index contributed by atoms with van der Waals surface area (Å²) in [6.45, 7) is 0. The molecule has 0 saturated carbocycles. The number of aryl methyl sites for hydroxylation is 1. The van der Waals surface area contributed by atoms with Crippen LogP contribution in [0.15, 0.2) is 30.5 Å². The predicted octanol–water partition coefficient (Wildman–Crippen LogP) is 1.45. The molecule has 0 aliphatic carbocycles. The molecule has 0 fully saturated rings. The van der Waals surface area contributed by atoms with E-state index in [1.807, 2.05) is 23.9 Å². The third kappa shape index (κ3) is 1.50. The van der Waals surface area contributed by atoms with Gasteiger partial charge in [0.2, 0.25) is 0 Å². The van der Waals surface area contributed by atoms with Crippen molar-refractivity contribution in [3.8, 4) is 0 Å². The molecule has 1 aromatic carbocycles. The van der Waals surface area contributed by atoms with E-state index in [9.17, 15) is 9.59 Å². The number of carbonyl (C=O) groups excluding carboxylic acids is 1. The smallest absolute Gasteiger partial charge is 0.377 e. The van der Waals surface area contributed by atoms with E-state index in [-0.39, 0.29) is 5.56 Å². The van der Waals surface area contributed by atoms with Crippen LogP contribution in [0, 0.1) is 0 Å². The summed E-state index contributed by atoms with van der Waals surface area (Å²) in [4.78, 5) is 21.7. The Bertz CT molecular complexity index is 554. The molecule has 0 saturated heterocycles. The van der Waals surface area contributed by atoms with Crippen LogP contribution in [0.5, 0.6) is 0 Å². The average Bonchev–Trinajstić information content (AvgIpc) is 2.59. The second-order valence-corrected chi connectivity index (χ2v) is 3.33. The van der Waals surface area contributed by atoms with Crippen molar-refractivity contribution >= 4 is 22.7 Å². The molecule has 0 spiro atoms. The number of hydrogen-bond acceptors (Lipinski definition) is 2. The average molecular weight is 203 g/mol. The molecule has 1 N–H and O–H groups in total. The first-order valence-electron chi connectivity index (χ1n) is 4.42. The van der Waals surface area contributed by atoms with Gasteiger partial charge in [-0.25, -0.2) is 4.79 Å². The van der Waals surface area contributed by atoms with E-state index in [0.29, 0.717) is 0 Å². The molecule has 2 rings (SSSR count). The topological polar surface area (TPSA) is 59.3 Å². The predicted molar refractivity (Wildman–Crippen MR) is 54.9 cm³/mol. The molecular formula is C11H9NO3. The van der Waals surface area contributed by atoms with Gasteiger partial charge in [0.1, 0.15) is 0 Å². The fraction of sp³-hybridized carbons (Fsp3) is 0.0909. The normalized spacial score (nSPS) is 10.5. The van der Waals surface area contributed by atoms with Crippen molar-refractivity contribution in [1.82, 2.24) is 4.57 Å². The Morgan fingerprint density at radius 3 is 2.67 bits per heavy atom. The molecule has 0 radical (unpaired) electrons. The minimum Gasteiger partial charge on any atom is -0.475 e. The maximum Gasteiger partial charge on any atom is 0.377 e. The van der Waals surface area contributed by atoms with E-state index in [4.69, 9.17) is 5.11 Å². The zero-order valence-electron chi connectivity index (χ0n) is 8.10. The molecule has 4 nitrogen and oxygen atoms in total. The summed E-state index contributed by atoms with van der Waals surface area (Å²) < 4.78 is 1.84. The van der Waals surface area contributed by atoms with Crippen LogP contribution in [0.1, 0.15) is 10.4 Å². The van der Waals surface area contributed by atoms with Gasteiger partial charge in [-0.05, 0) is 17.5 Å². The summed E-state index contributed by atoms with van der Waals surface area (Å²) in [7, 11) is 1.84. The summed E-state index contributed by atoms with van der Waals surface area (Å²) in [5.74, 6) is -2.30. The van der Waals surface area contributed by atoms with E-state index in [1.54, 1.807) is 12.1 Å². The van der Waals surface area contributed by atoms with Gasteiger partial charge in [-0.15, -0.1) is 0 Å². The van der Waals surface area contributed by atoms with Crippen LogP contribution in [-0.2, 0) is 11.8 Å². The second-order valence-electron chi connectivity index (χ2n) is 3.33. The van der Waals surface area contributed by atoms with E-state index in [2.05, 4.69) is 0 Å². The molecule has 0 atom stereocenters. The minimum absolute atomic E-state index is 0.205. The zero-order valence-corrected chi connectivity index (χ0v) is 8.10. The fourth-order valence-corrected chi connectivity index (χ4v) is 1.53. The van der Waals surface area contributed by atoms with Gasteiger partial charge in [0.25, 0.3) is 5.78 Å². The maximum atomic E-state index is 11.2. The van der Waals surface area contributed by atoms with Crippen molar-refractivity contribution in [2.75, 3.05) is 0 Å². The third-order valence-electron chi connectivity index (χ3n) is 2.34. The largest absolute Gasteiger partial charge is 0.475 e. The SMILES string of the molecule is Cn1ccc2ccc(C(=O)C(=O)O)cc21. The van der Waals surface area contributed by atoms with Gasteiger partial charge in [-0.2, -0.15) is 0 Å². The Balaban J connectivity index is 2.59. The number of carboxylic acids is 1. The number of carboxylic acid groups (broad SMARTS) is 1. The number of ketones is 1. The number of hydrogen-bond donors (Lipinski definition) is 1. The Morgan fingerprint density at radius 1 is 1.27 bits per heavy atom. The standard InChI is InChI=1S/C11H9NO3/c1-12-5-4-7-2-3-8(6-9(7)12)10(13)11(14)15/h2-6H,1H3,(H,14,15). The van der Waals surface area contributed by atoms with Gasteiger partial charge < -0.3 is 9.67 Å². The van der Waals surface area contributed by atoms with Gasteiger partial charge in [0.05, 0.1) is 0 Å². The maximum absolute atomic E-state index is 11.2. The highest BCUT2D eigenvalue weighted by atomic mass is 16.4. The molecule has 1 heterocycles. The Labute approximate surface area is 85.7 Å². The molecule has 0 amide bonds. The first-order valence-corrected chi connectivity index (χ1v) is 4.42. The van der Waals surface area contributed by atoms with Crippen molar-refractivity contribution in [2.45, 2.75) is 0 Å². The Kier molecular flexibility index (Phi) is 2.04. The molecule has 4 heteroatoms. The number of aromatic nitrogens is 1. The third-order valence-corrected chi connectivity index (χ3v) is 2.34. The first-order chi connectivity index (χ1) is 7.09. The highest BCUT2D eigenvalue weighted by Crippen LogP contribution is 2.16. The molecule has 0 unspecified atom stereocenters. The monoisotopic (exact) mass is 203 g/mol. The molecule has 15 heavy (non-hydrogen) atoms. The second kappa shape index (κ2) is 3.24. The van der Waals surface area contributed by atoms with Crippen LogP contribution >= 0.6 is 0 Å². The van der Waals surface area contributed by atoms with Gasteiger partial charge >= 0.3 is 5.97 Å². The van der Waals surface area contributed by atoms with Gasteiger partial charge in [0, 0.05) is 24.3 Å². The van der Waals surface area contributed by atoms with Gasteiger partial charge in [-0.1, -0.05) is 12.1 Å². The van der Waals surface area contributed by atoms with Crippen LogP contribution in [-0.4, -0.2) is 21.4 Å². The molecule has 0 aliphatic rings. The van der Waals surface area contributed by atoms with Crippen LogP contribution in [0.25, 0.3) is 10.9 Å². The summed E-state index contributed by atoms with van der Waals surface area (Å²) >= 11 is 0. The number of nitrogens with zero attached hydrogens (tertiary/aromatic N) is 1. The van der Waals surface area contributed by atoms with Crippen molar-refractivity contribution in [3.05, 3.63) is 36.0 Å². The lowest BCUT2D eigenvalue weighted by Crippen LogP contribution is -2.12. The van der Waals surface area contributed by atoms with Crippen molar-refractivity contribution in [1.29, 1.82) is 0 Å². The summed E-state index contributed by atoms with van der Waals surface area (Å²) in [5, 5.41) is 9.56. The molecule has 0 bridgehead atoms. The van der Waals surface area contributed by atoms with Gasteiger partial charge in [0.15, 0.2) is 0 Å². The number of aliphatic carboxylic acids is 1. The number of carbonyl (C=O) groups is 2. The number of Topliss-reactive ketones (excluding diaryl/α,β-unsaturated/α-hetero) is 1. The van der Waals surface area contributed by atoms with Crippen LogP contribution in [0.3, 0.4) is 0 Å². The van der Waals surface area contributed by atoms with E-state index < -0.39 is 11.8 Å². The fourth-order valence-electron chi connectivity index (χ4n) is 1.53. The van der Waals surface area contributed by atoms with Crippen LogP contribution < -0.4 is 0 Å². The van der Waals surface area contributed by atoms with E-state index in [0.717, 1.165) is 10.9 Å². The van der Waals surface area contributed by atoms with Crippen molar-refractivity contribution in [3.63, 3.8) is 0 Å². The highest BCUT2D eigenvalue weighted by molar-refractivity contribution is 6.40.